The van der Waals surface area contributed by atoms with Crippen LogP contribution in [-0.2, 0) is 0 Å². The summed E-state index contributed by atoms with van der Waals surface area (Å²) in [5.74, 6) is 1.66. The van der Waals surface area contributed by atoms with Crippen molar-refractivity contribution in [2.75, 3.05) is 6.61 Å². The Labute approximate surface area is 108 Å². The van der Waals surface area contributed by atoms with Crippen LogP contribution in [0.25, 0.3) is 0 Å². The molecular weight excluding hydrogens is 228 g/mol. The van der Waals surface area contributed by atoms with E-state index in [1.54, 1.807) is 0 Å². The molecule has 0 unspecified atom stereocenters. The number of rotatable bonds is 5. The summed E-state index contributed by atoms with van der Waals surface area (Å²) in [4.78, 5) is 12.0. The summed E-state index contributed by atoms with van der Waals surface area (Å²) in [6.45, 7) is 0.170. The van der Waals surface area contributed by atoms with Crippen LogP contribution in [0.2, 0.25) is 0 Å². The number of aliphatic hydroxyl groups excluding tert-OH is 1. The van der Waals surface area contributed by atoms with Crippen molar-refractivity contribution in [2.24, 2.45) is 17.8 Å². The Morgan fingerprint density at radius 2 is 1.89 bits per heavy atom. The summed E-state index contributed by atoms with van der Waals surface area (Å²) >= 11 is 0. The van der Waals surface area contributed by atoms with E-state index in [2.05, 4.69) is 10.6 Å². The maximum Gasteiger partial charge on any atom is 0.315 e. The van der Waals surface area contributed by atoms with E-state index in [1.165, 1.54) is 25.7 Å². The first-order valence-corrected chi connectivity index (χ1v) is 7.12. The van der Waals surface area contributed by atoms with Crippen LogP contribution < -0.4 is 10.6 Å². The van der Waals surface area contributed by atoms with Crippen molar-refractivity contribution >= 4 is 6.03 Å². The molecule has 3 aliphatic carbocycles. The normalized spacial score (nSPS) is 30.8. The molecule has 2 atom stereocenters. The van der Waals surface area contributed by atoms with Crippen molar-refractivity contribution in [3.05, 3.63) is 12.2 Å². The predicted molar refractivity (Wildman–Crippen MR) is 69.0 cm³/mol. The number of urea groups is 1. The van der Waals surface area contributed by atoms with Gasteiger partial charge in [0.2, 0.25) is 0 Å². The quantitative estimate of drug-likeness (QED) is 0.646. The topological polar surface area (TPSA) is 61.4 Å². The van der Waals surface area contributed by atoms with Crippen LogP contribution in [0, 0.1) is 17.8 Å². The van der Waals surface area contributed by atoms with Gasteiger partial charge in [0.15, 0.2) is 0 Å². The molecular formula is C14H22N2O2. The first-order chi connectivity index (χ1) is 8.76. The van der Waals surface area contributed by atoms with Crippen molar-refractivity contribution in [3.8, 4) is 0 Å². The zero-order valence-electron chi connectivity index (χ0n) is 10.6. The highest BCUT2D eigenvalue weighted by atomic mass is 16.3. The molecule has 4 heteroatoms. The lowest BCUT2D eigenvalue weighted by atomic mass is 10.1. The van der Waals surface area contributed by atoms with E-state index in [1.807, 2.05) is 12.2 Å². The average molecular weight is 250 g/mol. The molecule has 0 aromatic carbocycles. The minimum atomic E-state index is -0.0351. The van der Waals surface area contributed by atoms with Crippen LogP contribution in [-0.4, -0.2) is 29.8 Å². The first kappa shape index (κ1) is 12.0. The Morgan fingerprint density at radius 3 is 2.39 bits per heavy atom. The van der Waals surface area contributed by atoms with Gasteiger partial charge in [-0.25, -0.2) is 4.79 Å². The van der Waals surface area contributed by atoms with Gasteiger partial charge in [0.25, 0.3) is 0 Å². The van der Waals surface area contributed by atoms with Gasteiger partial charge in [-0.2, -0.15) is 0 Å². The minimum absolute atomic E-state index is 0.0351. The van der Waals surface area contributed by atoms with Crippen molar-refractivity contribution in [2.45, 2.75) is 44.2 Å². The summed E-state index contributed by atoms with van der Waals surface area (Å²) in [7, 11) is 0. The molecule has 3 aliphatic rings. The van der Waals surface area contributed by atoms with Gasteiger partial charge in [-0.15, -0.1) is 0 Å². The summed E-state index contributed by atoms with van der Waals surface area (Å²) in [6, 6.07) is 0.456. The van der Waals surface area contributed by atoms with Crippen LogP contribution in [0.3, 0.4) is 0 Å². The fourth-order valence-electron chi connectivity index (χ4n) is 2.91. The van der Waals surface area contributed by atoms with Crippen molar-refractivity contribution in [1.82, 2.24) is 10.6 Å². The second-order valence-corrected chi connectivity index (χ2v) is 5.99. The van der Waals surface area contributed by atoms with Gasteiger partial charge in [0.1, 0.15) is 0 Å². The molecule has 0 saturated heterocycles. The Kier molecular flexibility index (Phi) is 3.29. The number of carbonyl (C=O) groups is 1. The monoisotopic (exact) mass is 250 g/mol. The molecule has 3 rings (SSSR count). The van der Waals surface area contributed by atoms with Crippen LogP contribution in [0.15, 0.2) is 12.2 Å². The van der Waals surface area contributed by atoms with Gasteiger partial charge in [-0.05, 0) is 43.9 Å². The molecule has 4 nitrogen and oxygen atoms in total. The minimum Gasteiger partial charge on any atom is -0.396 e. The zero-order chi connectivity index (χ0) is 12.5. The van der Waals surface area contributed by atoms with E-state index in [9.17, 15) is 4.79 Å². The SMILES string of the molecule is O=C(NC(C1CC1)C1CC1)N[C@@H]1C=C[C@H](CO)C1. The van der Waals surface area contributed by atoms with Gasteiger partial charge in [-0.1, -0.05) is 12.2 Å². The summed E-state index contributed by atoms with van der Waals surface area (Å²) < 4.78 is 0. The van der Waals surface area contributed by atoms with Gasteiger partial charge in [0, 0.05) is 24.6 Å². The van der Waals surface area contributed by atoms with Gasteiger partial charge in [-0.3, -0.25) is 0 Å². The lowest BCUT2D eigenvalue weighted by Gasteiger charge is -2.20. The number of hydrogen-bond donors (Lipinski definition) is 3. The highest BCUT2D eigenvalue weighted by Crippen LogP contribution is 2.44. The summed E-state index contributed by atoms with van der Waals surface area (Å²) in [6.07, 6.45) is 9.90. The third kappa shape index (κ3) is 2.86. The van der Waals surface area contributed by atoms with Crippen LogP contribution >= 0.6 is 0 Å². The Hall–Kier alpha value is -1.03. The third-order valence-electron chi connectivity index (χ3n) is 4.28. The first-order valence-electron chi connectivity index (χ1n) is 7.12. The van der Waals surface area contributed by atoms with E-state index in [-0.39, 0.29) is 24.6 Å². The molecule has 2 saturated carbocycles. The maximum absolute atomic E-state index is 12.0. The lowest BCUT2D eigenvalue weighted by molar-refractivity contribution is 0.225. The average Bonchev–Trinajstić information content (AvgIpc) is 3.25. The van der Waals surface area contributed by atoms with Crippen molar-refractivity contribution in [3.63, 3.8) is 0 Å². The molecule has 0 aromatic heterocycles. The van der Waals surface area contributed by atoms with E-state index < -0.39 is 0 Å². The fraction of sp³-hybridized carbons (Fsp3) is 0.786. The molecule has 0 bridgehead atoms. The Balaban J connectivity index is 1.45. The van der Waals surface area contributed by atoms with Gasteiger partial charge in [0.05, 0.1) is 0 Å². The molecule has 100 valence electrons. The number of amides is 2. The maximum atomic E-state index is 12.0. The van der Waals surface area contributed by atoms with Gasteiger partial charge < -0.3 is 15.7 Å². The number of nitrogens with one attached hydrogen (secondary N) is 2. The van der Waals surface area contributed by atoms with E-state index in [0.29, 0.717) is 6.04 Å². The summed E-state index contributed by atoms with van der Waals surface area (Å²) in [5.41, 5.74) is 0. The van der Waals surface area contributed by atoms with Crippen molar-refractivity contribution in [1.29, 1.82) is 0 Å². The molecule has 0 radical (unpaired) electrons. The van der Waals surface area contributed by atoms with Crippen LogP contribution in [0.1, 0.15) is 32.1 Å². The Morgan fingerprint density at radius 1 is 1.22 bits per heavy atom. The smallest absolute Gasteiger partial charge is 0.315 e. The molecule has 2 amide bonds. The third-order valence-corrected chi connectivity index (χ3v) is 4.28. The Bertz CT molecular complexity index is 336. The number of carbonyl (C=O) groups excluding carboxylic acids is 1. The van der Waals surface area contributed by atoms with E-state index >= 15 is 0 Å². The highest BCUT2D eigenvalue weighted by Gasteiger charge is 2.42. The zero-order valence-corrected chi connectivity index (χ0v) is 10.6. The largest absolute Gasteiger partial charge is 0.396 e. The standard InChI is InChI=1S/C14H22N2O2/c17-8-9-1-6-12(7-9)15-14(18)16-13(10-2-3-10)11-4-5-11/h1,6,9-13,17H,2-5,7-8H2,(H2,15,16,18)/t9-,12+/m0/s1. The molecule has 0 heterocycles. The fourth-order valence-corrected chi connectivity index (χ4v) is 2.91. The second-order valence-electron chi connectivity index (χ2n) is 5.99. The number of hydrogen-bond acceptors (Lipinski definition) is 2. The second kappa shape index (κ2) is 4.92. The highest BCUT2D eigenvalue weighted by molar-refractivity contribution is 5.75. The molecule has 3 N–H and O–H groups in total. The predicted octanol–water partition coefficient (Wildman–Crippen LogP) is 1.41. The van der Waals surface area contributed by atoms with Crippen LogP contribution in [0.5, 0.6) is 0 Å². The van der Waals surface area contributed by atoms with E-state index in [0.717, 1.165) is 18.3 Å². The molecule has 0 aliphatic heterocycles. The molecule has 2 fully saturated rings. The molecule has 0 aromatic rings. The van der Waals surface area contributed by atoms with Crippen molar-refractivity contribution < 1.29 is 9.90 Å². The molecule has 18 heavy (non-hydrogen) atoms. The molecule has 0 spiro atoms. The number of aliphatic hydroxyl groups is 1. The lowest BCUT2D eigenvalue weighted by Crippen LogP contribution is -2.47. The van der Waals surface area contributed by atoms with Gasteiger partial charge >= 0.3 is 6.03 Å². The van der Waals surface area contributed by atoms with Crippen LogP contribution in [0.4, 0.5) is 4.79 Å². The summed E-state index contributed by atoms with van der Waals surface area (Å²) in [5, 5.41) is 15.2. The van der Waals surface area contributed by atoms with E-state index in [4.69, 9.17) is 5.11 Å².